The van der Waals surface area contributed by atoms with E-state index in [2.05, 4.69) is 0 Å². The van der Waals surface area contributed by atoms with Crippen LogP contribution in [-0.2, 0) is 47.4 Å². The molecule has 112 heavy (non-hydrogen) atoms. The molecule has 0 radical (unpaired) electrons. The number of cyclic esters (lactones) is 1. The Labute approximate surface area is 616 Å². The first-order chi connectivity index (χ1) is 52.7. The molecular weight excluding hydrogens is 1520 g/mol. The third kappa shape index (κ3) is 13.2. The van der Waals surface area contributed by atoms with E-state index in [-0.39, 0.29) is 18.2 Å². The van der Waals surface area contributed by atoms with E-state index in [0.29, 0.717) is 48.5 Å². The lowest BCUT2D eigenvalue weighted by Crippen LogP contribution is -2.63. The van der Waals surface area contributed by atoms with Gasteiger partial charge in [0.2, 0.25) is 53.2 Å². The highest BCUT2D eigenvalue weighted by molar-refractivity contribution is 6.10. The number of ether oxygens (including phenoxy) is 11. The van der Waals surface area contributed by atoms with Crippen molar-refractivity contribution >= 4 is 47.8 Å². The smallest absolute Gasteiger partial charge is 0.342 e. The lowest BCUT2D eigenvalue weighted by Gasteiger charge is -2.44. The Morgan fingerprint density at radius 3 is 1.16 bits per heavy atom. The molecule has 4 aliphatic heterocycles. The zero-order valence-electron chi connectivity index (χ0n) is 55.0. The van der Waals surface area contributed by atoms with Crippen LogP contribution in [0.2, 0.25) is 0 Å². The average Bonchev–Trinajstić information content (AvgIpc) is 1.10. The second-order valence-electron chi connectivity index (χ2n) is 24.3. The van der Waals surface area contributed by atoms with Crippen LogP contribution in [0.1, 0.15) is 82.9 Å². The maximum absolute atomic E-state index is 15.1. The van der Waals surface area contributed by atoms with Crippen molar-refractivity contribution in [1.82, 2.24) is 0 Å². The first-order valence-electron chi connectivity index (χ1n) is 31.1. The quantitative estimate of drug-likeness (QED) is 0.0498. The lowest BCUT2D eigenvalue weighted by molar-refractivity contribution is -0.284. The van der Waals surface area contributed by atoms with Gasteiger partial charge in [0.05, 0.1) is 38.9 Å². The third-order valence-corrected chi connectivity index (χ3v) is 17.3. The van der Waals surface area contributed by atoms with Crippen molar-refractivity contribution in [2.24, 2.45) is 0 Å². The van der Waals surface area contributed by atoms with E-state index in [0.717, 1.165) is 0 Å². The third-order valence-electron chi connectivity index (χ3n) is 17.3. The minimum Gasteiger partial charge on any atom is -0.504 e. The molecule has 2 saturated heterocycles. The predicted octanol–water partition coefficient (Wildman–Crippen LogP) is 1.77. The summed E-state index contributed by atoms with van der Waals surface area (Å²) in [6.07, 6.45) is -25.9. The molecule has 2 fully saturated rings. The molecule has 25 N–H and O–H groups in total. The number of aromatic hydroxyl groups is 23. The molecule has 0 bridgehead atoms. The summed E-state index contributed by atoms with van der Waals surface area (Å²) in [4.78, 5) is 115. The van der Waals surface area contributed by atoms with Gasteiger partial charge in [-0.2, -0.15) is 0 Å². The van der Waals surface area contributed by atoms with Gasteiger partial charge in [0.1, 0.15) is 43.2 Å². The zero-order chi connectivity index (χ0) is 81.7. The molecule has 8 aromatic rings. The Morgan fingerprint density at radius 2 is 0.714 bits per heavy atom. The van der Waals surface area contributed by atoms with Gasteiger partial charge in [-0.1, -0.05) is 0 Å². The van der Waals surface area contributed by atoms with Crippen LogP contribution in [0.4, 0.5) is 0 Å². The van der Waals surface area contributed by atoms with E-state index in [1.807, 2.05) is 0 Å². The summed E-state index contributed by atoms with van der Waals surface area (Å²) in [7, 11) is 0. The minimum atomic E-state index is -2.78. The number of esters is 8. The monoisotopic (exact) mass is 1570 g/mol. The fourth-order valence-electron chi connectivity index (χ4n) is 11.8. The van der Waals surface area contributed by atoms with Crippen molar-refractivity contribution in [3.05, 3.63) is 111 Å². The van der Waals surface area contributed by atoms with Gasteiger partial charge in [0, 0.05) is 34.4 Å². The fraction of sp³-hybridized carbons (Fsp3) is 0.176. The molecule has 0 saturated carbocycles. The topological polar surface area (TPSA) is 744 Å². The Bertz CT molecular complexity index is 5320. The van der Waals surface area contributed by atoms with Crippen LogP contribution in [0.25, 0.3) is 22.3 Å². The van der Waals surface area contributed by atoms with Crippen molar-refractivity contribution in [3.8, 4) is 166 Å². The number of phenolic OH excluding ortho intramolecular Hbond substituents is 23. The summed E-state index contributed by atoms with van der Waals surface area (Å²) in [6.45, 7) is -2.90. The molecule has 0 aromatic heterocycles. The average molecular weight is 1570 g/mol. The van der Waals surface area contributed by atoms with Crippen molar-refractivity contribution in [3.63, 3.8) is 0 Å². The van der Waals surface area contributed by atoms with Crippen LogP contribution in [0, 0.1) is 0 Å². The summed E-state index contributed by atoms with van der Waals surface area (Å²) in [5.41, 5.74) is -14.2. The van der Waals surface area contributed by atoms with Gasteiger partial charge in [0.25, 0.3) is 0 Å². The first kappa shape index (κ1) is 76.2. The molecule has 12 rings (SSSR count). The molecule has 10 atom stereocenters. The highest BCUT2D eigenvalue weighted by Gasteiger charge is 2.57. The van der Waals surface area contributed by atoms with Crippen molar-refractivity contribution in [2.45, 2.75) is 61.4 Å². The zero-order valence-corrected chi connectivity index (χ0v) is 55.0. The van der Waals surface area contributed by atoms with E-state index in [1.165, 1.54) is 0 Å². The molecule has 44 nitrogen and oxygen atoms in total. The van der Waals surface area contributed by atoms with Gasteiger partial charge in [-0.3, -0.25) is 0 Å². The summed E-state index contributed by atoms with van der Waals surface area (Å²) < 4.78 is 61.3. The standard InChI is InChI=1S/C68H50O44/c69-22-1-14(2-23(70)39(22)79)59(94)102-12-33-55(52(92)53(93)67(105-33)111-60(95)15-3-24(71)40(80)25(72)4-15)107-66(101)21-10-31(78)45(85)51(91)54(21)104-32-11-20-38(50(90)46(32)86)37-17(7-28(75)44(84)49(37)89)63(98)108-56-34(13-103-62(20)97)106-68(112-61(96)16-5-26(73)41(81)27(74)6-16)58-57(56)109-64(99)18-8-29(76)42(82)47(87)35(18)36-19(65(100)110-58)9-30(77)43(83)48(36)88/h1-11,33-34,52-53,55-58,67-93H,12-13H2/t33-,34-,52-,53-,55+,56-,57-,58-,67+,68+/m0/s1. The number of aliphatic hydroxyl groups excluding tert-OH is 2. The summed E-state index contributed by atoms with van der Waals surface area (Å²) in [5, 5.41) is 270. The van der Waals surface area contributed by atoms with Crippen LogP contribution >= 0.6 is 0 Å². The molecule has 0 aliphatic carbocycles. The van der Waals surface area contributed by atoms with E-state index in [9.17, 15) is 156 Å². The second kappa shape index (κ2) is 28.4. The number of hydrogen-bond acceptors (Lipinski definition) is 44. The SMILES string of the molecule is O=C(OC[C@@H]1O[C@H](OC(=O)c2cc(O)c(O)c(O)c2)[C@@H](O)[C@H](O)[C@@H]1OC(=O)c1cc(O)c(O)c(O)c1Oc1cc2c(c(O)c1O)-c1c(cc(O)c(O)c1O)C(=O)O[C@@H]1[C@@H]3OC(=O)c4cc(O)c(O)c(O)c4-c4c(cc(O)c(O)c4O)C(=O)O[C@@H]3[C@@H](OC(=O)c3cc(O)c(O)c(O)c3)O[C@H]1COC2=O)c1cc(O)c(O)c(O)c1. The van der Waals surface area contributed by atoms with E-state index in [4.69, 9.17) is 52.1 Å². The normalized spacial score (nSPS) is 20.6. The fourth-order valence-corrected chi connectivity index (χ4v) is 11.8. The number of phenols is 23. The van der Waals surface area contributed by atoms with Gasteiger partial charge >= 0.3 is 47.8 Å². The van der Waals surface area contributed by atoms with Crippen molar-refractivity contribution < 1.29 is 218 Å². The number of benzene rings is 8. The molecule has 0 spiro atoms. The van der Waals surface area contributed by atoms with Crippen LogP contribution in [0.5, 0.6) is 144 Å². The van der Waals surface area contributed by atoms with Gasteiger partial charge in [-0.05, 0) is 54.6 Å². The van der Waals surface area contributed by atoms with Gasteiger partial charge in [-0.25, -0.2) is 38.4 Å². The molecule has 8 aromatic carbocycles. The van der Waals surface area contributed by atoms with Gasteiger partial charge < -0.3 is 180 Å². The molecule has 0 unspecified atom stereocenters. The largest absolute Gasteiger partial charge is 0.504 e. The van der Waals surface area contributed by atoms with Crippen LogP contribution in [0.3, 0.4) is 0 Å². The summed E-state index contributed by atoms with van der Waals surface area (Å²) >= 11 is 0. The Hall–Kier alpha value is -15.4. The minimum absolute atomic E-state index is 0.208. The van der Waals surface area contributed by atoms with Crippen molar-refractivity contribution in [1.29, 1.82) is 0 Å². The summed E-state index contributed by atoms with van der Waals surface area (Å²) in [6, 6.07) is 4.48. The Morgan fingerprint density at radius 1 is 0.348 bits per heavy atom. The number of carbonyl (C=O) groups excluding carboxylic acids is 8. The number of aliphatic hydroxyl groups is 2. The lowest BCUT2D eigenvalue weighted by atomic mass is 9.91. The highest BCUT2D eigenvalue weighted by atomic mass is 16.8. The van der Waals surface area contributed by atoms with Gasteiger partial charge in [0.15, 0.2) is 128 Å². The van der Waals surface area contributed by atoms with Crippen LogP contribution in [-0.4, -0.2) is 250 Å². The number of carbonyl (C=O) groups is 8. The van der Waals surface area contributed by atoms with E-state index >= 15 is 9.59 Å². The van der Waals surface area contributed by atoms with Crippen LogP contribution in [0.15, 0.2) is 66.7 Å². The number of hydrogen-bond donors (Lipinski definition) is 25. The van der Waals surface area contributed by atoms with Gasteiger partial charge in [-0.15, -0.1) is 0 Å². The van der Waals surface area contributed by atoms with Crippen molar-refractivity contribution in [2.75, 3.05) is 13.2 Å². The number of fused-ring (bicyclic) bond motifs is 9. The Kier molecular flexibility index (Phi) is 19.3. The molecule has 0 amide bonds. The van der Waals surface area contributed by atoms with E-state index in [1.54, 1.807) is 0 Å². The molecular formula is C68H50O44. The molecule has 44 heteroatoms. The Balaban J connectivity index is 0.943. The molecule has 4 heterocycles. The van der Waals surface area contributed by atoms with Crippen LogP contribution < -0.4 is 4.74 Å². The molecule has 586 valence electrons. The highest BCUT2D eigenvalue weighted by Crippen LogP contribution is 2.58. The first-order valence-corrected chi connectivity index (χ1v) is 31.1. The number of rotatable bonds is 11. The summed E-state index contributed by atoms with van der Waals surface area (Å²) in [5.74, 6) is -50.2. The van der Waals surface area contributed by atoms with E-state index < -0.39 is 333 Å². The maximum atomic E-state index is 15.1. The second-order valence-corrected chi connectivity index (χ2v) is 24.3. The predicted molar refractivity (Wildman–Crippen MR) is 345 cm³/mol. The molecule has 4 aliphatic rings. The maximum Gasteiger partial charge on any atom is 0.342 e.